The summed E-state index contributed by atoms with van der Waals surface area (Å²) in [4.78, 5) is 22.1. The van der Waals surface area contributed by atoms with Gasteiger partial charge < -0.3 is 10.1 Å². The van der Waals surface area contributed by atoms with Crippen LogP contribution < -0.4 is 5.32 Å². The molecule has 1 fully saturated rings. The normalized spacial score (nSPS) is 30.5. The fourth-order valence-corrected chi connectivity index (χ4v) is 1.26. The van der Waals surface area contributed by atoms with E-state index in [4.69, 9.17) is 4.74 Å². The highest BCUT2D eigenvalue weighted by atomic mass is 32.1. The minimum absolute atomic E-state index is 0.160. The SMILES string of the molecule is CC1CC(=O)NC(CS)C(=O)O1. The molecule has 2 unspecified atom stereocenters. The van der Waals surface area contributed by atoms with Gasteiger partial charge in [-0.05, 0) is 6.92 Å². The van der Waals surface area contributed by atoms with Crippen molar-refractivity contribution in [1.82, 2.24) is 5.32 Å². The maximum absolute atomic E-state index is 11.1. The van der Waals surface area contributed by atoms with Gasteiger partial charge in [-0.3, -0.25) is 4.79 Å². The summed E-state index contributed by atoms with van der Waals surface area (Å²) in [5.74, 6) is -0.284. The molecule has 1 aliphatic rings. The zero-order chi connectivity index (χ0) is 9.14. The predicted octanol–water partition coefficient (Wildman–Crippen LogP) is -0.264. The third-order valence-electron chi connectivity index (χ3n) is 1.59. The second kappa shape index (κ2) is 3.80. The van der Waals surface area contributed by atoms with E-state index in [2.05, 4.69) is 17.9 Å². The van der Waals surface area contributed by atoms with Crippen LogP contribution in [0.4, 0.5) is 0 Å². The Bertz CT molecular complexity index is 207. The number of cyclic esters (lactones) is 1. The van der Waals surface area contributed by atoms with Gasteiger partial charge in [-0.25, -0.2) is 4.79 Å². The van der Waals surface area contributed by atoms with E-state index in [0.717, 1.165) is 0 Å². The standard InChI is InChI=1S/C7H11NO3S/c1-4-2-6(9)8-5(3-12)7(10)11-4/h4-5,12H,2-3H2,1H3,(H,8,9). The van der Waals surface area contributed by atoms with Gasteiger partial charge in [0.25, 0.3) is 0 Å². The number of carbonyl (C=O) groups is 2. The number of esters is 1. The Hall–Kier alpha value is -0.710. The number of rotatable bonds is 1. The van der Waals surface area contributed by atoms with Crippen LogP contribution in [0.1, 0.15) is 13.3 Å². The molecular formula is C7H11NO3S. The van der Waals surface area contributed by atoms with E-state index in [1.807, 2.05) is 0 Å². The predicted molar refractivity (Wildman–Crippen MR) is 46.0 cm³/mol. The minimum Gasteiger partial charge on any atom is -0.461 e. The minimum atomic E-state index is -0.592. The molecular weight excluding hydrogens is 178 g/mol. The average Bonchev–Trinajstić information content (AvgIpc) is 2.09. The second-order valence-corrected chi connectivity index (χ2v) is 3.12. The van der Waals surface area contributed by atoms with Gasteiger partial charge >= 0.3 is 5.97 Å². The van der Waals surface area contributed by atoms with Gasteiger partial charge in [0.05, 0.1) is 6.42 Å². The fourth-order valence-electron chi connectivity index (χ4n) is 1.02. The van der Waals surface area contributed by atoms with Gasteiger partial charge in [0.1, 0.15) is 12.1 Å². The summed E-state index contributed by atoms with van der Waals surface area (Å²) in [6.45, 7) is 1.69. The van der Waals surface area contributed by atoms with E-state index in [-0.39, 0.29) is 24.2 Å². The number of hydrogen-bond acceptors (Lipinski definition) is 4. The number of ether oxygens (including phenoxy) is 1. The molecule has 1 amide bonds. The van der Waals surface area contributed by atoms with Gasteiger partial charge in [0, 0.05) is 5.75 Å². The van der Waals surface area contributed by atoms with Crippen LogP contribution in [-0.4, -0.2) is 29.8 Å². The van der Waals surface area contributed by atoms with Crippen LogP contribution in [0, 0.1) is 0 Å². The summed E-state index contributed by atoms with van der Waals surface area (Å²) in [5, 5.41) is 2.52. The van der Waals surface area contributed by atoms with E-state index in [1.165, 1.54) is 0 Å². The van der Waals surface area contributed by atoms with Crippen molar-refractivity contribution in [2.45, 2.75) is 25.5 Å². The Labute approximate surface area is 76.1 Å². The lowest BCUT2D eigenvalue weighted by Gasteiger charge is -2.10. The van der Waals surface area contributed by atoms with Crippen LogP contribution in [-0.2, 0) is 14.3 Å². The molecule has 5 heteroatoms. The van der Waals surface area contributed by atoms with E-state index in [0.29, 0.717) is 0 Å². The first-order chi connectivity index (χ1) is 5.63. The van der Waals surface area contributed by atoms with Gasteiger partial charge in [0.15, 0.2) is 0 Å². The number of amides is 1. The number of hydrogen-bond donors (Lipinski definition) is 2. The Morgan fingerprint density at radius 1 is 1.67 bits per heavy atom. The van der Waals surface area contributed by atoms with Crippen LogP contribution in [0.3, 0.4) is 0 Å². The topological polar surface area (TPSA) is 55.4 Å². The third-order valence-corrected chi connectivity index (χ3v) is 1.96. The first-order valence-electron chi connectivity index (χ1n) is 3.74. The van der Waals surface area contributed by atoms with Crippen LogP contribution in [0.2, 0.25) is 0 Å². The van der Waals surface area contributed by atoms with E-state index in [1.54, 1.807) is 6.92 Å². The molecule has 1 rings (SSSR count). The van der Waals surface area contributed by atoms with Gasteiger partial charge in [-0.1, -0.05) is 0 Å². The van der Waals surface area contributed by atoms with Crippen molar-refractivity contribution >= 4 is 24.5 Å². The highest BCUT2D eigenvalue weighted by molar-refractivity contribution is 7.80. The average molecular weight is 189 g/mol. The monoisotopic (exact) mass is 189 g/mol. The third kappa shape index (κ3) is 2.14. The molecule has 0 bridgehead atoms. The molecule has 12 heavy (non-hydrogen) atoms. The van der Waals surface area contributed by atoms with Crippen LogP contribution in [0.15, 0.2) is 0 Å². The molecule has 68 valence electrons. The number of nitrogens with one attached hydrogen (secondary N) is 1. The van der Waals surface area contributed by atoms with Crippen LogP contribution in [0.5, 0.6) is 0 Å². The maximum atomic E-state index is 11.1. The highest BCUT2D eigenvalue weighted by Crippen LogP contribution is 2.06. The largest absolute Gasteiger partial charge is 0.461 e. The highest BCUT2D eigenvalue weighted by Gasteiger charge is 2.27. The molecule has 0 aliphatic carbocycles. The van der Waals surface area contributed by atoms with Gasteiger partial charge in [-0.2, -0.15) is 12.6 Å². The first-order valence-corrected chi connectivity index (χ1v) is 4.37. The van der Waals surface area contributed by atoms with Crippen molar-refractivity contribution in [1.29, 1.82) is 0 Å². The van der Waals surface area contributed by atoms with E-state index < -0.39 is 12.0 Å². The molecule has 0 aromatic heterocycles. The molecule has 0 aromatic carbocycles. The summed E-state index contributed by atoms with van der Waals surface area (Å²) in [5.41, 5.74) is 0. The zero-order valence-corrected chi connectivity index (χ0v) is 7.64. The maximum Gasteiger partial charge on any atom is 0.329 e. The Morgan fingerprint density at radius 2 is 2.33 bits per heavy atom. The molecule has 1 heterocycles. The Morgan fingerprint density at radius 3 is 2.92 bits per heavy atom. The molecule has 1 saturated heterocycles. The lowest BCUT2D eigenvalue weighted by molar-refractivity contribution is -0.148. The molecule has 4 nitrogen and oxygen atoms in total. The van der Waals surface area contributed by atoms with Crippen molar-refractivity contribution in [3.8, 4) is 0 Å². The molecule has 0 radical (unpaired) electrons. The van der Waals surface area contributed by atoms with E-state index in [9.17, 15) is 9.59 Å². The molecule has 0 spiro atoms. The second-order valence-electron chi connectivity index (χ2n) is 2.75. The lowest BCUT2D eigenvalue weighted by atomic mass is 10.3. The van der Waals surface area contributed by atoms with Crippen molar-refractivity contribution in [2.75, 3.05) is 5.75 Å². The summed E-state index contributed by atoms with van der Waals surface area (Å²) in [6.07, 6.45) is -0.0990. The molecule has 0 saturated carbocycles. The van der Waals surface area contributed by atoms with Crippen molar-refractivity contribution in [2.24, 2.45) is 0 Å². The lowest BCUT2D eigenvalue weighted by Crippen LogP contribution is -2.40. The smallest absolute Gasteiger partial charge is 0.329 e. The van der Waals surface area contributed by atoms with Gasteiger partial charge in [-0.15, -0.1) is 0 Å². The Balaban J connectivity index is 2.67. The van der Waals surface area contributed by atoms with Crippen molar-refractivity contribution in [3.05, 3.63) is 0 Å². The summed E-state index contributed by atoms with van der Waals surface area (Å²) in [6, 6.07) is -0.592. The summed E-state index contributed by atoms with van der Waals surface area (Å²) >= 11 is 3.93. The molecule has 2 atom stereocenters. The molecule has 1 N–H and O–H groups in total. The van der Waals surface area contributed by atoms with Crippen LogP contribution >= 0.6 is 12.6 Å². The fraction of sp³-hybridized carbons (Fsp3) is 0.714. The number of thiol groups is 1. The first kappa shape index (κ1) is 9.38. The quantitative estimate of drug-likeness (QED) is 0.441. The number of carbonyl (C=O) groups excluding carboxylic acids is 2. The van der Waals surface area contributed by atoms with Crippen LogP contribution in [0.25, 0.3) is 0 Å². The van der Waals surface area contributed by atoms with Crippen molar-refractivity contribution in [3.63, 3.8) is 0 Å². The summed E-state index contributed by atoms with van der Waals surface area (Å²) < 4.78 is 4.91. The molecule has 1 aliphatic heterocycles. The summed E-state index contributed by atoms with van der Waals surface area (Å²) in [7, 11) is 0. The Kier molecular flexibility index (Phi) is 2.97. The van der Waals surface area contributed by atoms with Gasteiger partial charge in [0.2, 0.25) is 5.91 Å². The van der Waals surface area contributed by atoms with Crippen molar-refractivity contribution < 1.29 is 14.3 Å². The molecule has 0 aromatic rings. The van der Waals surface area contributed by atoms with E-state index >= 15 is 0 Å². The zero-order valence-electron chi connectivity index (χ0n) is 6.74.